The third-order valence-corrected chi connectivity index (χ3v) is 4.35. The number of anilines is 1. The van der Waals surface area contributed by atoms with Crippen LogP contribution in [0.15, 0.2) is 16.6 Å². The molecule has 0 spiro atoms. The summed E-state index contributed by atoms with van der Waals surface area (Å²) in [7, 11) is 1.82. The first-order chi connectivity index (χ1) is 9.50. The minimum absolute atomic E-state index is 0.00123. The van der Waals surface area contributed by atoms with E-state index in [0.717, 1.165) is 32.6 Å². The van der Waals surface area contributed by atoms with Gasteiger partial charge >= 0.3 is 5.97 Å². The minimum atomic E-state index is -1.14. The van der Waals surface area contributed by atoms with E-state index in [4.69, 9.17) is 9.84 Å². The van der Waals surface area contributed by atoms with Crippen LogP contribution in [0.5, 0.6) is 0 Å². The second-order valence-electron chi connectivity index (χ2n) is 5.00. The van der Waals surface area contributed by atoms with Crippen LogP contribution in [-0.4, -0.2) is 37.9 Å². The Morgan fingerprint density at radius 2 is 2.15 bits per heavy atom. The predicted molar refractivity (Wildman–Crippen MR) is 77.9 cm³/mol. The van der Waals surface area contributed by atoms with E-state index in [-0.39, 0.29) is 10.0 Å². The van der Waals surface area contributed by atoms with E-state index in [1.165, 1.54) is 12.1 Å². The van der Waals surface area contributed by atoms with Gasteiger partial charge in [0.05, 0.1) is 15.7 Å². The second-order valence-corrected chi connectivity index (χ2v) is 5.79. The van der Waals surface area contributed by atoms with Gasteiger partial charge in [-0.05, 0) is 46.8 Å². The lowest BCUT2D eigenvalue weighted by Gasteiger charge is -2.29. The molecule has 1 aromatic rings. The zero-order chi connectivity index (χ0) is 14.7. The maximum absolute atomic E-state index is 14.3. The molecule has 0 amide bonds. The van der Waals surface area contributed by atoms with Gasteiger partial charge < -0.3 is 14.7 Å². The molecule has 0 aliphatic carbocycles. The highest BCUT2D eigenvalue weighted by Crippen LogP contribution is 2.30. The summed E-state index contributed by atoms with van der Waals surface area (Å²) in [4.78, 5) is 12.8. The number of aromatic carboxylic acids is 1. The van der Waals surface area contributed by atoms with Gasteiger partial charge in [0.1, 0.15) is 0 Å². The molecule has 1 aliphatic heterocycles. The van der Waals surface area contributed by atoms with Crippen molar-refractivity contribution in [2.24, 2.45) is 5.92 Å². The summed E-state index contributed by atoms with van der Waals surface area (Å²) in [5.74, 6) is -1.19. The molecule has 20 heavy (non-hydrogen) atoms. The third-order valence-electron chi connectivity index (χ3n) is 3.58. The van der Waals surface area contributed by atoms with Gasteiger partial charge in [-0.25, -0.2) is 9.18 Å². The van der Waals surface area contributed by atoms with Gasteiger partial charge in [-0.2, -0.15) is 0 Å². The third kappa shape index (κ3) is 3.30. The van der Waals surface area contributed by atoms with Crippen LogP contribution >= 0.6 is 15.9 Å². The first-order valence-corrected chi connectivity index (χ1v) is 7.30. The highest BCUT2D eigenvalue weighted by molar-refractivity contribution is 9.10. The van der Waals surface area contributed by atoms with Crippen molar-refractivity contribution < 1.29 is 19.0 Å². The quantitative estimate of drug-likeness (QED) is 0.910. The summed E-state index contributed by atoms with van der Waals surface area (Å²) < 4.78 is 19.6. The van der Waals surface area contributed by atoms with Crippen LogP contribution in [0.4, 0.5) is 10.1 Å². The highest BCUT2D eigenvalue weighted by Gasteiger charge is 2.21. The second kappa shape index (κ2) is 6.54. The molecule has 0 unspecified atom stereocenters. The largest absolute Gasteiger partial charge is 0.478 e. The number of hydrogen-bond acceptors (Lipinski definition) is 3. The molecule has 0 radical (unpaired) electrons. The van der Waals surface area contributed by atoms with Crippen molar-refractivity contribution in [1.29, 1.82) is 0 Å². The van der Waals surface area contributed by atoms with Crippen molar-refractivity contribution >= 4 is 27.6 Å². The Labute approximate surface area is 125 Å². The Kier molecular flexibility index (Phi) is 4.99. The molecule has 4 nitrogen and oxygen atoms in total. The molecule has 6 heteroatoms. The average molecular weight is 346 g/mol. The van der Waals surface area contributed by atoms with E-state index in [2.05, 4.69) is 15.9 Å². The van der Waals surface area contributed by atoms with Crippen molar-refractivity contribution in [2.45, 2.75) is 12.8 Å². The summed E-state index contributed by atoms with van der Waals surface area (Å²) in [5.41, 5.74) is 0.346. The summed E-state index contributed by atoms with van der Waals surface area (Å²) in [5, 5.41) is 8.96. The number of halogens is 2. The normalized spacial score (nSPS) is 16.1. The van der Waals surface area contributed by atoms with Gasteiger partial charge in [0.25, 0.3) is 0 Å². The Hall–Kier alpha value is -1.14. The van der Waals surface area contributed by atoms with Crippen molar-refractivity contribution in [3.63, 3.8) is 0 Å². The van der Waals surface area contributed by atoms with Crippen LogP contribution in [0.1, 0.15) is 23.2 Å². The van der Waals surface area contributed by atoms with E-state index in [9.17, 15) is 9.18 Å². The number of ether oxygens (including phenoxy) is 1. The monoisotopic (exact) mass is 345 g/mol. The SMILES string of the molecule is CN(CC1CCOCC1)c1ccc(C(=O)O)c(Br)c1F. The molecule has 0 atom stereocenters. The van der Waals surface area contributed by atoms with Crippen LogP contribution in [0.25, 0.3) is 0 Å². The molecule has 1 aromatic carbocycles. The van der Waals surface area contributed by atoms with E-state index in [1.807, 2.05) is 11.9 Å². The summed E-state index contributed by atoms with van der Waals surface area (Å²) in [6, 6.07) is 2.94. The lowest BCUT2D eigenvalue weighted by molar-refractivity contribution is 0.0683. The van der Waals surface area contributed by atoms with E-state index < -0.39 is 11.8 Å². The fraction of sp³-hybridized carbons (Fsp3) is 0.500. The van der Waals surface area contributed by atoms with Crippen molar-refractivity contribution in [3.8, 4) is 0 Å². The molecule has 0 bridgehead atoms. The Bertz CT molecular complexity index is 503. The van der Waals surface area contributed by atoms with Crippen molar-refractivity contribution in [3.05, 3.63) is 28.0 Å². The first-order valence-electron chi connectivity index (χ1n) is 6.51. The maximum atomic E-state index is 14.3. The zero-order valence-electron chi connectivity index (χ0n) is 11.2. The summed E-state index contributed by atoms with van der Waals surface area (Å²) >= 11 is 3.02. The fourth-order valence-electron chi connectivity index (χ4n) is 2.41. The molecule has 1 heterocycles. The topological polar surface area (TPSA) is 49.8 Å². The lowest BCUT2D eigenvalue weighted by Crippen LogP contribution is -2.30. The number of benzene rings is 1. The zero-order valence-corrected chi connectivity index (χ0v) is 12.8. The predicted octanol–water partition coefficient (Wildman–Crippen LogP) is 3.15. The smallest absolute Gasteiger partial charge is 0.336 e. The van der Waals surface area contributed by atoms with E-state index >= 15 is 0 Å². The van der Waals surface area contributed by atoms with Crippen LogP contribution in [-0.2, 0) is 4.74 Å². The molecule has 1 saturated heterocycles. The van der Waals surface area contributed by atoms with Crippen LogP contribution in [0.3, 0.4) is 0 Å². The van der Waals surface area contributed by atoms with Gasteiger partial charge in [-0.15, -0.1) is 0 Å². The lowest BCUT2D eigenvalue weighted by atomic mass is 9.99. The number of carbonyl (C=O) groups is 1. The van der Waals surface area contributed by atoms with Gasteiger partial charge in [0.2, 0.25) is 0 Å². The van der Waals surface area contributed by atoms with E-state index in [0.29, 0.717) is 11.6 Å². The fourth-order valence-corrected chi connectivity index (χ4v) is 2.92. The molecule has 1 fully saturated rings. The Morgan fingerprint density at radius 3 is 2.75 bits per heavy atom. The summed E-state index contributed by atoms with van der Waals surface area (Å²) in [6.07, 6.45) is 1.95. The average Bonchev–Trinajstić information content (AvgIpc) is 2.42. The minimum Gasteiger partial charge on any atom is -0.478 e. The molecule has 1 aliphatic rings. The van der Waals surface area contributed by atoms with Crippen LogP contribution < -0.4 is 4.90 Å². The van der Waals surface area contributed by atoms with Gasteiger partial charge in [-0.1, -0.05) is 0 Å². The highest BCUT2D eigenvalue weighted by atomic mass is 79.9. The Morgan fingerprint density at radius 1 is 1.50 bits per heavy atom. The van der Waals surface area contributed by atoms with Gasteiger partial charge in [0.15, 0.2) is 5.82 Å². The number of rotatable bonds is 4. The van der Waals surface area contributed by atoms with Gasteiger partial charge in [-0.3, -0.25) is 0 Å². The van der Waals surface area contributed by atoms with Crippen LogP contribution in [0.2, 0.25) is 0 Å². The number of carboxylic acids is 1. The molecule has 2 rings (SSSR count). The number of nitrogens with zero attached hydrogens (tertiary/aromatic N) is 1. The molecular formula is C14H17BrFNO3. The summed E-state index contributed by atoms with van der Waals surface area (Å²) in [6.45, 7) is 2.24. The molecule has 110 valence electrons. The molecule has 0 saturated carbocycles. The Balaban J connectivity index is 2.15. The van der Waals surface area contributed by atoms with Crippen molar-refractivity contribution in [1.82, 2.24) is 0 Å². The van der Waals surface area contributed by atoms with E-state index in [1.54, 1.807) is 0 Å². The standard InChI is InChI=1S/C14H17BrFNO3/c1-17(8-9-4-6-20-7-5-9)11-3-2-10(14(18)19)12(15)13(11)16/h2-3,9H,4-8H2,1H3,(H,18,19). The first kappa shape index (κ1) is 15.3. The van der Waals surface area contributed by atoms with Crippen LogP contribution in [0, 0.1) is 11.7 Å². The number of hydrogen-bond donors (Lipinski definition) is 1. The maximum Gasteiger partial charge on any atom is 0.336 e. The molecule has 1 N–H and O–H groups in total. The number of carboxylic acid groups (broad SMARTS) is 1. The van der Waals surface area contributed by atoms with Gasteiger partial charge in [0, 0.05) is 26.8 Å². The molecular weight excluding hydrogens is 329 g/mol. The van der Waals surface area contributed by atoms with Crippen molar-refractivity contribution in [2.75, 3.05) is 31.7 Å². The molecule has 0 aromatic heterocycles.